The summed E-state index contributed by atoms with van der Waals surface area (Å²) in [4.78, 5) is 12.8. The highest BCUT2D eigenvalue weighted by Crippen LogP contribution is 2.18. The largest absolute Gasteiger partial charge is 0.370 e. The van der Waals surface area contributed by atoms with Crippen LogP contribution in [0.15, 0.2) is 0 Å². The summed E-state index contributed by atoms with van der Waals surface area (Å²) in [7, 11) is 0. The molecule has 0 aromatic carbocycles. The number of carbonyl (C=O) groups is 1. The first-order valence-corrected chi connectivity index (χ1v) is 4.93. The third kappa shape index (κ3) is 3.74. The number of likely N-dealkylation sites (tertiary alicyclic amines) is 1. The van der Waals surface area contributed by atoms with Gasteiger partial charge in [0.1, 0.15) is 0 Å². The van der Waals surface area contributed by atoms with E-state index in [0.29, 0.717) is 6.42 Å². The van der Waals surface area contributed by atoms with Crippen LogP contribution in [-0.4, -0.2) is 37.0 Å². The van der Waals surface area contributed by atoms with Gasteiger partial charge in [0.15, 0.2) is 0 Å². The number of primary amides is 1. The highest BCUT2D eigenvalue weighted by Gasteiger charge is 2.21. The second-order valence-electron chi connectivity index (χ2n) is 3.75. The van der Waals surface area contributed by atoms with Crippen molar-refractivity contribution in [1.29, 1.82) is 0 Å². The molecule has 1 fully saturated rings. The smallest absolute Gasteiger partial charge is 0.218 e. The second-order valence-corrected chi connectivity index (χ2v) is 3.75. The van der Waals surface area contributed by atoms with Crippen LogP contribution in [0.3, 0.4) is 0 Å². The number of nitrogens with two attached hydrogens (primary N) is 2. The molecule has 0 aromatic rings. The minimum atomic E-state index is -0.206. The predicted molar refractivity (Wildman–Crippen MR) is 52.0 cm³/mol. The topological polar surface area (TPSA) is 72.3 Å². The molecule has 4 heteroatoms. The van der Waals surface area contributed by atoms with E-state index in [-0.39, 0.29) is 5.91 Å². The number of nitrogens with zero attached hydrogens (tertiary/aromatic N) is 1. The fraction of sp³-hybridized carbons (Fsp3) is 0.889. The first-order chi connectivity index (χ1) is 6.22. The van der Waals surface area contributed by atoms with Crippen molar-refractivity contribution in [3.05, 3.63) is 0 Å². The summed E-state index contributed by atoms with van der Waals surface area (Å²) in [6.07, 6.45) is 2.80. The van der Waals surface area contributed by atoms with E-state index in [2.05, 4.69) is 4.90 Å². The van der Waals surface area contributed by atoms with E-state index in [9.17, 15) is 4.79 Å². The van der Waals surface area contributed by atoms with Crippen LogP contribution in [0.2, 0.25) is 0 Å². The Morgan fingerprint density at radius 3 is 2.92 bits per heavy atom. The van der Waals surface area contributed by atoms with Gasteiger partial charge in [-0.1, -0.05) is 0 Å². The Morgan fingerprint density at radius 1 is 1.54 bits per heavy atom. The van der Waals surface area contributed by atoms with Crippen LogP contribution in [0, 0.1) is 5.92 Å². The van der Waals surface area contributed by atoms with Gasteiger partial charge < -0.3 is 16.4 Å². The van der Waals surface area contributed by atoms with Crippen molar-refractivity contribution in [2.45, 2.75) is 19.3 Å². The van der Waals surface area contributed by atoms with Crippen LogP contribution in [0.25, 0.3) is 0 Å². The molecule has 1 heterocycles. The second kappa shape index (κ2) is 5.19. The third-order valence-electron chi connectivity index (χ3n) is 2.62. The Hall–Kier alpha value is -0.610. The number of rotatable bonds is 5. The molecule has 1 aliphatic rings. The zero-order valence-corrected chi connectivity index (χ0v) is 8.04. The third-order valence-corrected chi connectivity index (χ3v) is 2.62. The predicted octanol–water partition coefficient (Wildman–Crippen LogP) is -0.467. The maximum absolute atomic E-state index is 10.5. The highest BCUT2D eigenvalue weighted by molar-refractivity contribution is 5.73. The average molecular weight is 185 g/mol. The molecule has 1 amide bonds. The van der Waals surface area contributed by atoms with Gasteiger partial charge in [0.2, 0.25) is 5.91 Å². The first kappa shape index (κ1) is 10.5. The molecule has 0 saturated carbocycles. The monoisotopic (exact) mass is 185 g/mol. The molecule has 1 unspecified atom stereocenters. The normalized spacial score (nSPS) is 23.6. The number of hydrogen-bond donors (Lipinski definition) is 2. The standard InChI is InChI=1S/C9H19N3O/c10-4-1-8-2-5-12(7-8)6-3-9(11)13/h8H,1-7,10H2,(H2,11,13). The lowest BCUT2D eigenvalue weighted by atomic mass is 10.1. The van der Waals surface area contributed by atoms with Crippen LogP contribution in [-0.2, 0) is 4.79 Å². The Bertz CT molecular complexity index is 172. The quantitative estimate of drug-likeness (QED) is 0.608. The molecule has 4 nitrogen and oxygen atoms in total. The fourth-order valence-electron chi connectivity index (χ4n) is 1.86. The molecule has 0 aliphatic carbocycles. The lowest BCUT2D eigenvalue weighted by Gasteiger charge is -2.14. The maximum Gasteiger partial charge on any atom is 0.218 e. The molecule has 1 atom stereocenters. The summed E-state index contributed by atoms with van der Waals surface area (Å²) >= 11 is 0. The van der Waals surface area contributed by atoms with Crippen molar-refractivity contribution < 1.29 is 4.79 Å². The Balaban J connectivity index is 2.13. The van der Waals surface area contributed by atoms with Gasteiger partial charge in [0.25, 0.3) is 0 Å². The summed E-state index contributed by atoms with van der Waals surface area (Å²) in [6.45, 7) is 3.77. The van der Waals surface area contributed by atoms with E-state index < -0.39 is 0 Å². The number of hydrogen-bond acceptors (Lipinski definition) is 3. The summed E-state index contributed by atoms with van der Waals surface area (Å²) in [5, 5.41) is 0. The van der Waals surface area contributed by atoms with Gasteiger partial charge in [-0.3, -0.25) is 4.79 Å². The van der Waals surface area contributed by atoms with Crippen LogP contribution >= 0.6 is 0 Å². The van der Waals surface area contributed by atoms with Gasteiger partial charge >= 0.3 is 0 Å². The zero-order valence-electron chi connectivity index (χ0n) is 8.04. The van der Waals surface area contributed by atoms with E-state index in [1.54, 1.807) is 0 Å². The van der Waals surface area contributed by atoms with Crippen molar-refractivity contribution in [2.75, 3.05) is 26.2 Å². The average Bonchev–Trinajstić information content (AvgIpc) is 2.50. The minimum absolute atomic E-state index is 0.206. The van der Waals surface area contributed by atoms with Crippen molar-refractivity contribution in [1.82, 2.24) is 4.90 Å². The van der Waals surface area contributed by atoms with Gasteiger partial charge in [-0.05, 0) is 31.8 Å². The van der Waals surface area contributed by atoms with Crippen molar-refractivity contribution in [3.8, 4) is 0 Å². The highest BCUT2D eigenvalue weighted by atomic mass is 16.1. The van der Waals surface area contributed by atoms with E-state index in [1.165, 1.54) is 6.42 Å². The summed E-state index contributed by atoms with van der Waals surface area (Å²) < 4.78 is 0. The molecule has 76 valence electrons. The van der Waals surface area contributed by atoms with Crippen LogP contribution < -0.4 is 11.5 Å². The molecule has 1 rings (SSSR count). The van der Waals surface area contributed by atoms with Crippen LogP contribution in [0.5, 0.6) is 0 Å². The van der Waals surface area contributed by atoms with E-state index in [1.807, 2.05) is 0 Å². The molecular formula is C9H19N3O. The Morgan fingerprint density at radius 2 is 2.31 bits per heavy atom. The number of amides is 1. The van der Waals surface area contributed by atoms with Crippen molar-refractivity contribution >= 4 is 5.91 Å². The van der Waals surface area contributed by atoms with Gasteiger partial charge in [0.05, 0.1) is 0 Å². The van der Waals surface area contributed by atoms with Gasteiger partial charge in [-0.15, -0.1) is 0 Å². The summed E-state index contributed by atoms with van der Waals surface area (Å²) in [5.74, 6) is 0.528. The van der Waals surface area contributed by atoms with Crippen molar-refractivity contribution in [3.63, 3.8) is 0 Å². The molecule has 4 N–H and O–H groups in total. The number of carbonyl (C=O) groups excluding carboxylic acids is 1. The lowest BCUT2D eigenvalue weighted by molar-refractivity contribution is -0.118. The Kier molecular flexibility index (Phi) is 4.18. The molecule has 1 saturated heterocycles. The zero-order chi connectivity index (χ0) is 9.68. The molecule has 1 aliphatic heterocycles. The van der Waals surface area contributed by atoms with Gasteiger partial charge in [-0.2, -0.15) is 0 Å². The van der Waals surface area contributed by atoms with Crippen molar-refractivity contribution in [2.24, 2.45) is 17.4 Å². The molecule has 0 aromatic heterocycles. The van der Waals surface area contributed by atoms with E-state index in [0.717, 1.165) is 38.5 Å². The molecular weight excluding hydrogens is 166 g/mol. The van der Waals surface area contributed by atoms with Gasteiger partial charge in [0, 0.05) is 19.5 Å². The summed E-state index contributed by atoms with van der Waals surface area (Å²) in [5.41, 5.74) is 10.6. The molecule has 0 radical (unpaired) electrons. The van der Waals surface area contributed by atoms with E-state index in [4.69, 9.17) is 11.5 Å². The van der Waals surface area contributed by atoms with Crippen LogP contribution in [0.4, 0.5) is 0 Å². The maximum atomic E-state index is 10.5. The van der Waals surface area contributed by atoms with Gasteiger partial charge in [-0.25, -0.2) is 0 Å². The first-order valence-electron chi connectivity index (χ1n) is 4.93. The van der Waals surface area contributed by atoms with Crippen LogP contribution in [0.1, 0.15) is 19.3 Å². The molecule has 0 bridgehead atoms. The summed E-state index contributed by atoms with van der Waals surface area (Å²) in [6, 6.07) is 0. The molecule has 13 heavy (non-hydrogen) atoms. The Labute approximate surface area is 79.3 Å². The fourth-order valence-corrected chi connectivity index (χ4v) is 1.86. The van der Waals surface area contributed by atoms with E-state index >= 15 is 0 Å². The minimum Gasteiger partial charge on any atom is -0.370 e. The lowest BCUT2D eigenvalue weighted by Crippen LogP contribution is -2.26. The SMILES string of the molecule is NCCC1CCN(CCC(N)=O)C1. The molecule has 0 spiro atoms.